The van der Waals surface area contributed by atoms with E-state index in [-0.39, 0.29) is 18.1 Å². The van der Waals surface area contributed by atoms with Gasteiger partial charge in [0.25, 0.3) is 5.91 Å². The first-order chi connectivity index (χ1) is 10.2. The number of rotatable bonds is 4. The van der Waals surface area contributed by atoms with E-state index in [1.165, 1.54) is 17.5 Å². The van der Waals surface area contributed by atoms with Gasteiger partial charge in [-0.25, -0.2) is 4.39 Å². The van der Waals surface area contributed by atoms with Crippen LogP contribution >= 0.6 is 11.3 Å². The number of carbonyl (C=O) groups is 1. The Morgan fingerprint density at radius 3 is 3.05 bits per heavy atom. The molecule has 1 amide bonds. The number of aliphatic hydroxyl groups excluding tert-OH is 1. The topological polar surface area (TPSA) is 62.2 Å². The highest BCUT2D eigenvalue weighted by molar-refractivity contribution is 7.12. The lowest BCUT2D eigenvalue weighted by molar-refractivity contribution is 0.0950. The Kier molecular flexibility index (Phi) is 5.43. The number of amides is 1. The van der Waals surface area contributed by atoms with Gasteiger partial charge in [0.2, 0.25) is 0 Å². The lowest BCUT2D eigenvalue weighted by Gasteiger charge is -2.02. The van der Waals surface area contributed by atoms with Gasteiger partial charge in [-0.3, -0.25) is 9.78 Å². The molecule has 6 heteroatoms. The van der Waals surface area contributed by atoms with Crippen LogP contribution in [0.15, 0.2) is 30.6 Å². The summed E-state index contributed by atoms with van der Waals surface area (Å²) in [7, 11) is 0. The van der Waals surface area contributed by atoms with Crippen molar-refractivity contribution in [2.24, 2.45) is 0 Å². The number of hydrogen-bond donors (Lipinski definition) is 2. The Hall–Kier alpha value is -2.23. The average molecular weight is 304 g/mol. The molecule has 0 saturated heterocycles. The fourth-order valence-corrected chi connectivity index (χ4v) is 2.37. The van der Waals surface area contributed by atoms with Crippen molar-refractivity contribution in [3.8, 4) is 11.8 Å². The molecule has 21 heavy (non-hydrogen) atoms. The molecule has 0 aliphatic heterocycles. The predicted octanol–water partition coefficient (Wildman–Crippen LogP) is 1.95. The molecule has 2 heterocycles. The summed E-state index contributed by atoms with van der Waals surface area (Å²) in [6.45, 7) is 0.394. The Labute approximate surface area is 125 Å². The molecule has 108 valence electrons. The summed E-state index contributed by atoms with van der Waals surface area (Å²) >= 11 is 1.46. The first-order valence-electron chi connectivity index (χ1n) is 6.26. The molecule has 0 aliphatic carbocycles. The van der Waals surface area contributed by atoms with Crippen LogP contribution < -0.4 is 5.32 Å². The molecule has 2 N–H and O–H groups in total. The van der Waals surface area contributed by atoms with Crippen LogP contribution in [-0.2, 0) is 6.54 Å². The molecule has 0 aromatic carbocycles. The zero-order valence-corrected chi connectivity index (χ0v) is 11.9. The monoisotopic (exact) mass is 304 g/mol. The van der Waals surface area contributed by atoms with Crippen LogP contribution in [0, 0.1) is 17.7 Å². The maximum atomic E-state index is 13.0. The van der Waals surface area contributed by atoms with Crippen LogP contribution in [0.2, 0.25) is 0 Å². The van der Waals surface area contributed by atoms with Gasteiger partial charge < -0.3 is 10.4 Å². The number of aromatic nitrogens is 1. The van der Waals surface area contributed by atoms with Crippen molar-refractivity contribution in [1.82, 2.24) is 10.3 Å². The van der Waals surface area contributed by atoms with Crippen molar-refractivity contribution in [2.75, 3.05) is 6.61 Å². The number of hydrogen-bond acceptors (Lipinski definition) is 4. The molecule has 4 nitrogen and oxygen atoms in total. The highest BCUT2D eigenvalue weighted by atomic mass is 32.1. The lowest BCUT2D eigenvalue weighted by Crippen LogP contribution is -2.22. The van der Waals surface area contributed by atoms with Gasteiger partial charge in [-0.2, -0.15) is 0 Å². The highest BCUT2D eigenvalue weighted by Crippen LogP contribution is 2.15. The number of pyridine rings is 1. The Morgan fingerprint density at radius 1 is 1.43 bits per heavy atom. The number of halogens is 1. The van der Waals surface area contributed by atoms with E-state index in [2.05, 4.69) is 22.1 Å². The van der Waals surface area contributed by atoms with Crippen LogP contribution in [0.5, 0.6) is 0 Å². The van der Waals surface area contributed by atoms with E-state index in [9.17, 15) is 9.18 Å². The number of nitrogens with zero attached hydrogens (tertiary/aromatic N) is 1. The first kappa shape index (κ1) is 15.2. The molecule has 0 fully saturated rings. The molecule has 0 unspecified atom stereocenters. The van der Waals surface area contributed by atoms with E-state index >= 15 is 0 Å². The quantitative estimate of drug-likeness (QED) is 0.849. The second kappa shape index (κ2) is 7.53. The highest BCUT2D eigenvalue weighted by Gasteiger charge is 2.07. The Morgan fingerprint density at radius 2 is 2.29 bits per heavy atom. The summed E-state index contributed by atoms with van der Waals surface area (Å²) in [4.78, 5) is 17.3. The fraction of sp³-hybridized carbons (Fsp3) is 0.200. The number of thiophene rings is 1. The van der Waals surface area contributed by atoms with Crippen LogP contribution in [0.4, 0.5) is 4.39 Å². The van der Waals surface area contributed by atoms with E-state index in [0.717, 1.165) is 22.0 Å². The molecule has 2 aromatic rings. The lowest BCUT2D eigenvalue weighted by atomic mass is 10.2. The molecular weight excluding hydrogens is 291 g/mol. The van der Waals surface area contributed by atoms with Crippen molar-refractivity contribution >= 4 is 17.2 Å². The van der Waals surface area contributed by atoms with Gasteiger partial charge in [0.1, 0.15) is 5.82 Å². The van der Waals surface area contributed by atoms with E-state index in [1.807, 2.05) is 12.1 Å². The van der Waals surface area contributed by atoms with Crippen molar-refractivity contribution in [3.05, 3.63) is 51.7 Å². The smallest absolute Gasteiger partial charge is 0.253 e. The van der Waals surface area contributed by atoms with Crippen molar-refractivity contribution in [1.29, 1.82) is 0 Å². The SMILES string of the molecule is O=C(NCc1ccc(C#CCCO)s1)c1cncc(F)c1. The predicted molar refractivity (Wildman–Crippen MR) is 78.3 cm³/mol. The van der Waals surface area contributed by atoms with Gasteiger partial charge in [-0.05, 0) is 18.2 Å². The molecule has 0 saturated carbocycles. The summed E-state index contributed by atoms with van der Waals surface area (Å²) in [6.07, 6.45) is 2.81. The second-order valence-electron chi connectivity index (χ2n) is 4.12. The second-order valence-corrected chi connectivity index (χ2v) is 5.28. The van der Waals surface area contributed by atoms with Crippen LogP contribution in [0.3, 0.4) is 0 Å². The molecule has 2 rings (SSSR count). The maximum absolute atomic E-state index is 13.0. The molecule has 0 spiro atoms. The zero-order valence-electron chi connectivity index (χ0n) is 11.1. The maximum Gasteiger partial charge on any atom is 0.253 e. The fourth-order valence-electron chi connectivity index (χ4n) is 1.55. The summed E-state index contributed by atoms with van der Waals surface area (Å²) < 4.78 is 13.0. The molecule has 0 bridgehead atoms. The summed E-state index contributed by atoms with van der Waals surface area (Å²) in [6, 6.07) is 4.88. The van der Waals surface area contributed by atoms with E-state index in [1.54, 1.807) is 0 Å². The number of nitrogens with one attached hydrogen (secondary N) is 1. The van der Waals surface area contributed by atoms with Gasteiger partial charge in [0, 0.05) is 17.5 Å². The van der Waals surface area contributed by atoms with Gasteiger partial charge in [-0.1, -0.05) is 11.8 Å². The Balaban J connectivity index is 1.91. The number of carbonyl (C=O) groups excluding carboxylic acids is 1. The van der Waals surface area contributed by atoms with Gasteiger partial charge in [0.05, 0.1) is 29.8 Å². The van der Waals surface area contributed by atoms with Crippen LogP contribution in [0.1, 0.15) is 26.5 Å². The van der Waals surface area contributed by atoms with Crippen LogP contribution in [-0.4, -0.2) is 22.6 Å². The van der Waals surface area contributed by atoms with Crippen molar-refractivity contribution < 1.29 is 14.3 Å². The summed E-state index contributed by atoms with van der Waals surface area (Å²) in [5.74, 6) is 4.85. The van der Waals surface area contributed by atoms with Gasteiger partial charge in [0.15, 0.2) is 0 Å². The third-order valence-corrected chi connectivity index (χ3v) is 3.50. The summed E-state index contributed by atoms with van der Waals surface area (Å²) in [5, 5.41) is 11.3. The van der Waals surface area contributed by atoms with Gasteiger partial charge in [-0.15, -0.1) is 11.3 Å². The van der Waals surface area contributed by atoms with E-state index in [0.29, 0.717) is 13.0 Å². The molecular formula is C15H13FN2O2S. The zero-order chi connectivity index (χ0) is 15.1. The summed E-state index contributed by atoms with van der Waals surface area (Å²) in [5.41, 5.74) is 0.189. The minimum absolute atomic E-state index is 0.0446. The largest absolute Gasteiger partial charge is 0.395 e. The average Bonchev–Trinajstić information content (AvgIpc) is 2.93. The van der Waals surface area contributed by atoms with Crippen molar-refractivity contribution in [2.45, 2.75) is 13.0 Å². The van der Waals surface area contributed by atoms with E-state index in [4.69, 9.17) is 5.11 Å². The molecule has 0 radical (unpaired) electrons. The van der Waals surface area contributed by atoms with E-state index < -0.39 is 5.82 Å². The molecule has 0 aliphatic rings. The minimum atomic E-state index is -0.541. The van der Waals surface area contributed by atoms with Crippen molar-refractivity contribution in [3.63, 3.8) is 0 Å². The standard InChI is InChI=1S/C15H13FN2O2S/c16-12-7-11(8-17-9-12)15(20)18-10-14-5-4-13(21-14)3-1-2-6-19/h4-5,7-9,19H,2,6,10H2,(H,18,20). The normalized spacial score (nSPS) is 9.81. The third kappa shape index (κ3) is 4.67. The van der Waals surface area contributed by atoms with Gasteiger partial charge >= 0.3 is 0 Å². The molecule has 2 aromatic heterocycles. The minimum Gasteiger partial charge on any atom is -0.395 e. The Bertz CT molecular complexity index is 688. The number of aliphatic hydroxyl groups is 1. The van der Waals surface area contributed by atoms with Crippen LogP contribution in [0.25, 0.3) is 0 Å². The first-order valence-corrected chi connectivity index (χ1v) is 7.08. The molecule has 0 atom stereocenters. The third-order valence-electron chi connectivity index (χ3n) is 2.50.